The minimum atomic E-state index is -3.72. The fourth-order valence-corrected chi connectivity index (χ4v) is 3.71. The molecule has 0 radical (unpaired) electrons. The molecule has 1 saturated heterocycles. The van der Waals surface area contributed by atoms with E-state index in [9.17, 15) is 12.8 Å². The summed E-state index contributed by atoms with van der Waals surface area (Å²) in [7, 11) is -3.72. The van der Waals surface area contributed by atoms with Crippen molar-refractivity contribution in [2.45, 2.75) is 24.3 Å². The van der Waals surface area contributed by atoms with Gasteiger partial charge in [-0.05, 0) is 43.7 Å². The van der Waals surface area contributed by atoms with Crippen molar-refractivity contribution in [2.24, 2.45) is 0 Å². The predicted octanol–water partition coefficient (Wildman–Crippen LogP) is 0.960. The van der Waals surface area contributed by atoms with Crippen molar-refractivity contribution < 1.29 is 12.8 Å². The molecule has 1 aromatic heterocycles. The van der Waals surface area contributed by atoms with Crippen LogP contribution in [0, 0.1) is 12.7 Å². The van der Waals surface area contributed by atoms with Crippen molar-refractivity contribution in [3.05, 3.63) is 42.0 Å². The smallest absolute Gasteiger partial charge is 0.240 e. The number of halogens is 1. The Kier molecular flexibility index (Phi) is 3.98. The molecule has 1 atom stereocenters. The lowest BCUT2D eigenvalue weighted by Crippen LogP contribution is -2.36. The van der Waals surface area contributed by atoms with Crippen LogP contribution in [0.1, 0.15) is 12.0 Å². The first-order valence-electron chi connectivity index (χ1n) is 7.00. The van der Waals surface area contributed by atoms with E-state index in [2.05, 4.69) is 15.1 Å². The van der Waals surface area contributed by atoms with Gasteiger partial charge in [0, 0.05) is 18.8 Å². The molecular formula is C14H17FN4O2S. The maximum absolute atomic E-state index is 14.2. The molecule has 0 aliphatic carbocycles. The summed E-state index contributed by atoms with van der Waals surface area (Å²) in [6.07, 6.45) is 4.01. The van der Waals surface area contributed by atoms with E-state index < -0.39 is 15.8 Å². The number of hydrogen-bond donors (Lipinski definition) is 2. The second-order valence-electron chi connectivity index (χ2n) is 5.39. The van der Waals surface area contributed by atoms with E-state index in [0.29, 0.717) is 6.54 Å². The predicted molar refractivity (Wildman–Crippen MR) is 79.9 cm³/mol. The summed E-state index contributed by atoms with van der Waals surface area (Å²) in [6.45, 7) is 3.21. The summed E-state index contributed by atoms with van der Waals surface area (Å²) in [5.74, 6) is -0.629. The summed E-state index contributed by atoms with van der Waals surface area (Å²) in [6, 6.07) is 3.68. The summed E-state index contributed by atoms with van der Waals surface area (Å²) < 4.78 is 42.7. The topological polar surface area (TPSA) is 76.0 Å². The zero-order valence-electron chi connectivity index (χ0n) is 12.1. The van der Waals surface area contributed by atoms with Crippen LogP contribution < -0.4 is 10.0 Å². The number of hydrogen-bond acceptors (Lipinski definition) is 4. The van der Waals surface area contributed by atoms with Crippen molar-refractivity contribution in [3.63, 3.8) is 0 Å². The minimum absolute atomic E-state index is 0.0791. The molecule has 8 heteroatoms. The van der Waals surface area contributed by atoms with Crippen molar-refractivity contribution in [1.29, 1.82) is 0 Å². The highest BCUT2D eigenvalue weighted by Crippen LogP contribution is 2.19. The summed E-state index contributed by atoms with van der Waals surface area (Å²) in [5.41, 5.74) is 1.11. The Balaban J connectivity index is 1.87. The largest absolute Gasteiger partial charge is 0.315 e. The third-order valence-corrected chi connectivity index (χ3v) is 5.09. The van der Waals surface area contributed by atoms with Gasteiger partial charge in [-0.15, -0.1) is 0 Å². The van der Waals surface area contributed by atoms with Crippen molar-refractivity contribution in [1.82, 2.24) is 19.8 Å². The van der Waals surface area contributed by atoms with Gasteiger partial charge in [-0.2, -0.15) is 5.10 Å². The van der Waals surface area contributed by atoms with Gasteiger partial charge in [0.05, 0.1) is 11.1 Å². The first-order chi connectivity index (χ1) is 10.5. The highest BCUT2D eigenvalue weighted by Gasteiger charge is 2.23. The van der Waals surface area contributed by atoms with Gasteiger partial charge >= 0.3 is 0 Å². The summed E-state index contributed by atoms with van der Waals surface area (Å²) >= 11 is 0. The van der Waals surface area contributed by atoms with Crippen LogP contribution in [0.15, 0.2) is 35.5 Å². The van der Waals surface area contributed by atoms with E-state index >= 15 is 0 Å². The van der Waals surface area contributed by atoms with E-state index in [4.69, 9.17) is 0 Å². The molecule has 3 rings (SSSR count). The van der Waals surface area contributed by atoms with Crippen LogP contribution >= 0.6 is 0 Å². The first kappa shape index (κ1) is 15.1. The van der Waals surface area contributed by atoms with Crippen molar-refractivity contribution in [2.75, 3.05) is 13.1 Å². The Morgan fingerprint density at radius 1 is 1.45 bits per heavy atom. The van der Waals surface area contributed by atoms with E-state index in [1.165, 1.54) is 16.8 Å². The average molecular weight is 324 g/mol. The molecule has 1 aliphatic rings. The van der Waals surface area contributed by atoms with Gasteiger partial charge in [0.2, 0.25) is 10.0 Å². The van der Waals surface area contributed by atoms with Crippen molar-refractivity contribution >= 4 is 10.0 Å². The Hall–Kier alpha value is -1.77. The van der Waals surface area contributed by atoms with Gasteiger partial charge in [-0.25, -0.2) is 22.2 Å². The van der Waals surface area contributed by atoms with Gasteiger partial charge in [0.15, 0.2) is 0 Å². The van der Waals surface area contributed by atoms with Crippen LogP contribution in [0.2, 0.25) is 0 Å². The molecule has 2 aromatic rings. The molecule has 0 amide bonds. The summed E-state index contributed by atoms with van der Waals surface area (Å²) in [5, 5.41) is 7.10. The Labute approximate surface area is 128 Å². The third kappa shape index (κ3) is 3.03. The lowest BCUT2D eigenvalue weighted by molar-refractivity contribution is 0.556. The molecule has 1 fully saturated rings. The van der Waals surface area contributed by atoms with E-state index in [1.54, 1.807) is 12.4 Å². The second kappa shape index (κ2) is 5.79. The number of sulfonamides is 1. The maximum Gasteiger partial charge on any atom is 0.240 e. The molecule has 22 heavy (non-hydrogen) atoms. The van der Waals surface area contributed by atoms with Crippen molar-refractivity contribution in [3.8, 4) is 5.69 Å². The highest BCUT2D eigenvalue weighted by atomic mass is 32.2. The van der Waals surface area contributed by atoms with Crippen LogP contribution in [0.3, 0.4) is 0 Å². The molecular weight excluding hydrogens is 307 g/mol. The zero-order chi connectivity index (χ0) is 15.7. The number of nitrogens with one attached hydrogen (secondary N) is 2. The maximum atomic E-state index is 14.2. The second-order valence-corrected chi connectivity index (χ2v) is 7.10. The highest BCUT2D eigenvalue weighted by molar-refractivity contribution is 7.89. The monoisotopic (exact) mass is 324 g/mol. The molecule has 0 saturated carbocycles. The first-order valence-corrected chi connectivity index (χ1v) is 8.48. The van der Waals surface area contributed by atoms with Gasteiger partial charge < -0.3 is 5.32 Å². The van der Waals surface area contributed by atoms with Gasteiger partial charge in [0.1, 0.15) is 11.5 Å². The number of nitrogens with zero attached hydrogens (tertiary/aromatic N) is 2. The summed E-state index contributed by atoms with van der Waals surface area (Å²) in [4.78, 5) is -0.0791. The molecule has 0 bridgehead atoms. The number of rotatable bonds is 4. The SMILES string of the molecule is Cc1cnn(-c2ccc(S(=O)(=O)NC3CCNC3)cc2F)c1. The van der Waals surface area contributed by atoms with Crippen LogP contribution in [-0.2, 0) is 10.0 Å². The van der Waals surface area contributed by atoms with E-state index in [-0.39, 0.29) is 16.6 Å². The molecule has 2 N–H and O–H groups in total. The molecule has 1 aliphatic heterocycles. The molecule has 0 spiro atoms. The van der Waals surface area contributed by atoms with Gasteiger partial charge in [-0.1, -0.05) is 0 Å². The Morgan fingerprint density at radius 2 is 2.27 bits per heavy atom. The Bertz CT molecular complexity index is 782. The number of aromatic nitrogens is 2. The van der Waals surface area contributed by atoms with Crippen LogP contribution in [0.4, 0.5) is 4.39 Å². The minimum Gasteiger partial charge on any atom is -0.315 e. The Morgan fingerprint density at radius 3 is 2.86 bits per heavy atom. The van der Waals surface area contributed by atoms with Crippen LogP contribution in [-0.4, -0.2) is 37.3 Å². The lowest BCUT2D eigenvalue weighted by atomic mass is 10.3. The molecule has 1 unspecified atom stereocenters. The molecule has 2 heterocycles. The van der Waals surface area contributed by atoms with E-state index in [1.807, 2.05) is 6.92 Å². The molecule has 1 aromatic carbocycles. The standard InChI is InChI=1S/C14H17FN4O2S/c1-10-7-17-19(9-10)14-3-2-12(6-13(14)15)22(20,21)18-11-4-5-16-8-11/h2-3,6-7,9,11,16,18H,4-5,8H2,1H3. The number of aryl methyl sites for hydroxylation is 1. The van der Waals surface area contributed by atoms with Crippen LogP contribution in [0.25, 0.3) is 5.69 Å². The number of benzene rings is 1. The van der Waals surface area contributed by atoms with Gasteiger partial charge in [-0.3, -0.25) is 0 Å². The zero-order valence-corrected chi connectivity index (χ0v) is 12.9. The fourth-order valence-electron chi connectivity index (χ4n) is 2.43. The fraction of sp³-hybridized carbons (Fsp3) is 0.357. The quantitative estimate of drug-likeness (QED) is 0.878. The van der Waals surface area contributed by atoms with Crippen LogP contribution in [0.5, 0.6) is 0 Å². The third-order valence-electron chi connectivity index (χ3n) is 3.57. The van der Waals surface area contributed by atoms with Gasteiger partial charge in [0.25, 0.3) is 0 Å². The lowest BCUT2D eigenvalue weighted by Gasteiger charge is -2.13. The molecule has 6 nitrogen and oxygen atoms in total. The average Bonchev–Trinajstić information content (AvgIpc) is 3.10. The van der Waals surface area contributed by atoms with E-state index in [0.717, 1.165) is 24.6 Å². The molecule has 118 valence electrons. The normalized spacial score (nSPS) is 18.7.